The van der Waals surface area contributed by atoms with Crippen LogP contribution in [-0.4, -0.2) is 25.0 Å². The SMILES string of the molecule is C=CCC(N)(c1ccc(Cl)cc1)C(CC)N(C)C. The fourth-order valence-electron chi connectivity index (χ4n) is 2.64. The van der Waals surface area contributed by atoms with Gasteiger partial charge in [-0.2, -0.15) is 0 Å². The van der Waals surface area contributed by atoms with Crippen molar-refractivity contribution in [1.82, 2.24) is 4.90 Å². The summed E-state index contributed by atoms with van der Waals surface area (Å²) in [6.45, 7) is 6.00. The molecule has 18 heavy (non-hydrogen) atoms. The van der Waals surface area contributed by atoms with E-state index in [-0.39, 0.29) is 6.04 Å². The second kappa shape index (κ2) is 6.37. The number of nitrogens with zero attached hydrogens (tertiary/aromatic N) is 1. The van der Waals surface area contributed by atoms with Crippen molar-refractivity contribution < 1.29 is 0 Å². The minimum Gasteiger partial charge on any atom is -0.320 e. The maximum absolute atomic E-state index is 6.68. The molecule has 0 aromatic heterocycles. The van der Waals surface area contributed by atoms with Crippen LogP contribution in [0.2, 0.25) is 5.02 Å². The predicted molar refractivity (Wildman–Crippen MR) is 79.9 cm³/mol. The fourth-order valence-corrected chi connectivity index (χ4v) is 2.76. The molecule has 2 unspecified atom stereocenters. The van der Waals surface area contributed by atoms with E-state index < -0.39 is 5.54 Å². The molecule has 0 radical (unpaired) electrons. The van der Waals surface area contributed by atoms with Crippen LogP contribution in [0.4, 0.5) is 0 Å². The molecule has 0 aliphatic carbocycles. The molecule has 0 saturated heterocycles. The zero-order valence-corrected chi connectivity index (χ0v) is 12.2. The van der Waals surface area contributed by atoms with Crippen LogP contribution in [0.15, 0.2) is 36.9 Å². The first-order chi connectivity index (χ1) is 8.45. The summed E-state index contributed by atoms with van der Waals surface area (Å²) in [5, 5.41) is 0.734. The van der Waals surface area contributed by atoms with Gasteiger partial charge in [-0.1, -0.05) is 36.7 Å². The number of nitrogens with two attached hydrogens (primary N) is 1. The second-order valence-corrected chi connectivity index (χ2v) is 5.36. The zero-order chi connectivity index (χ0) is 13.8. The van der Waals surface area contributed by atoms with Crippen molar-refractivity contribution >= 4 is 11.6 Å². The summed E-state index contributed by atoms with van der Waals surface area (Å²) in [4.78, 5) is 2.18. The van der Waals surface area contributed by atoms with Gasteiger partial charge in [0.15, 0.2) is 0 Å². The maximum Gasteiger partial charge on any atom is 0.0601 e. The van der Waals surface area contributed by atoms with Crippen molar-refractivity contribution in [3.8, 4) is 0 Å². The first-order valence-corrected chi connectivity index (χ1v) is 6.65. The minimum atomic E-state index is -0.426. The van der Waals surface area contributed by atoms with Gasteiger partial charge in [0.25, 0.3) is 0 Å². The minimum absolute atomic E-state index is 0.261. The Morgan fingerprint density at radius 2 is 1.94 bits per heavy atom. The lowest BCUT2D eigenvalue weighted by molar-refractivity contribution is 0.171. The Labute approximate surface area is 115 Å². The lowest BCUT2D eigenvalue weighted by Crippen LogP contribution is -2.53. The number of hydrogen-bond acceptors (Lipinski definition) is 2. The van der Waals surface area contributed by atoms with E-state index in [4.69, 9.17) is 17.3 Å². The van der Waals surface area contributed by atoms with Crippen molar-refractivity contribution in [3.63, 3.8) is 0 Å². The summed E-state index contributed by atoms with van der Waals surface area (Å²) in [6, 6.07) is 8.07. The standard InChI is InChI=1S/C15H23ClN2/c1-5-11-15(17,14(6-2)18(3)4)12-7-9-13(16)10-8-12/h5,7-10,14H,1,6,11,17H2,2-4H3. The normalized spacial score (nSPS) is 16.3. The van der Waals surface area contributed by atoms with E-state index in [1.807, 2.05) is 30.3 Å². The van der Waals surface area contributed by atoms with E-state index in [2.05, 4.69) is 32.5 Å². The van der Waals surface area contributed by atoms with Crippen molar-refractivity contribution in [2.24, 2.45) is 5.73 Å². The Hall–Kier alpha value is -0.830. The maximum atomic E-state index is 6.68. The Bertz CT molecular complexity index is 386. The molecule has 0 heterocycles. The van der Waals surface area contributed by atoms with Gasteiger partial charge in [-0.15, -0.1) is 6.58 Å². The third-order valence-electron chi connectivity index (χ3n) is 3.47. The number of halogens is 1. The second-order valence-electron chi connectivity index (χ2n) is 4.93. The molecule has 0 aliphatic rings. The Morgan fingerprint density at radius 1 is 1.39 bits per heavy atom. The largest absolute Gasteiger partial charge is 0.320 e. The summed E-state index contributed by atoms with van der Waals surface area (Å²) in [5.74, 6) is 0. The van der Waals surface area contributed by atoms with Crippen LogP contribution in [0.25, 0.3) is 0 Å². The smallest absolute Gasteiger partial charge is 0.0601 e. The topological polar surface area (TPSA) is 29.3 Å². The lowest BCUT2D eigenvalue weighted by Gasteiger charge is -2.41. The molecule has 1 aromatic carbocycles. The highest BCUT2D eigenvalue weighted by atomic mass is 35.5. The van der Waals surface area contributed by atoms with E-state index in [0.717, 1.165) is 23.4 Å². The van der Waals surface area contributed by atoms with E-state index >= 15 is 0 Å². The molecule has 2 nitrogen and oxygen atoms in total. The number of benzene rings is 1. The first kappa shape index (κ1) is 15.2. The average Bonchev–Trinajstić information content (AvgIpc) is 2.30. The Morgan fingerprint density at radius 3 is 2.33 bits per heavy atom. The van der Waals surface area contributed by atoms with E-state index in [9.17, 15) is 0 Å². The van der Waals surface area contributed by atoms with Gasteiger partial charge in [-0.25, -0.2) is 0 Å². The van der Waals surface area contributed by atoms with Gasteiger partial charge in [0.1, 0.15) is 0 Å². The van der Waals surface area contributed by atoms with Gasteiger partial charge in [-0.3, -0.25) is 0 Å². The molecule has 0 fully saturated rings. The molecule has 100 valence electrons. The van der Waals surface area contributed by atoms with Crippen LogP contribution in [0.5, 0.6) is 0 Å². The number of likely N-dealkylation sites (N-methyl/N-ethyl adjacent to an activating group) is 1. The molecule has 0 spiro atoms. The Balaban J connectivity index is 3.20. The van der Waals surface area contributed by atoms with Crippen LogP contribution < -0.4 is 5.73 Å². The van der Waals surface area contributed by atoms with E-state index in [0.29, 0.717) is 0 Å². The Kier molecular flexibility index (Phi) is 5.39. The molecular formula is C15H23ClN2. The van der Waals surface area contributed by atoms with E-state index in [1.54, 1.807) is 0 Å². The fraction of sp³-hybridized carbons (Fsp3) is 0.467. The molecule has 0 saturated carbocycles. The molecule has 0 bridgehead atoms. The molecule has 1 rings (SSSR count). The van der Waals surface area contributed by atoms with Crippen LogP contribution in [-0.2, 0) is 5.54 Å². The van der Waals surface area contributed by atoms with E-state index in [1.165, 1.54) is 0 Å². The van der Waals surface area contributed by atoms with Gasteiger partial charge < -0.3 is 10.6 Å². The van der Waals surface area contributed by atoms with Gasteiger partial charge in [0.2, 0.25) is 0 Å². The monoisotopic (exact) mass is 266 g/mol. The number of rotatable bonds is 6. The molecule has 1 aromatic rings. The molecule has 0 aliphatic heterocycles. The quantitative estimate of drug-likeness (QED) is 0.800. The molecule has 3 heteroatoms. The van der Waals surface area contributed by atoms with Crippen LogP contribution in [0.1, 0.15) is 25.3 Å². The highest BCUT2D eigenvalue weighted by Gasteiger charge is 2.35. The third kappa shape index (κ3) is 3.14. The molecule has 0 amide bonds. The highest BCUT2D eigenvalue weighted by Crippen LogP contribution is 2.31. The van der Waals surface area contributed by atoms with Crippen molar-refractivity contribution in [3.05, 3.63) is 47.5 Å². The van der Waals surface area contributed by atoms with Gasteiger partial charge in [0.05, 0.1) is 5.54 Å². The summed E-state index contributed by atoms with van der Waals surface area (Å²) in [6.07, 6.45) is 3.62. The average molecular weight is 267 g/mol. The van der Waals surface area contributed by atoms with Gasteiger partial charge in [-0.05, 0) is 44.6 Å². The summed E-state index contributed by atoms with van der Waals surface area (Å²) in [5.41, 5.74) is 7.36. The first-order valence-electron chi connectivity index (χ1n) is 6.28. The third-order valence-corrected chi connectivity index (χ3v) is 3.72. The summed E-state index contributed by atoms with van der Waals surface area (Å²) < 4.78 is 0. The summed E-state index contributed by atoms with van der Waals surface area (Å²) >= 11 is 5.94. The van der Waals surface area contributed by atoms with Crippen LogP contribution in [0.3, 0.4) is 0 Å². The van der Waals surface area contributed by atoms with Crippen LogP contribution in [0, 0.1) is 0 Å². The predicted octanol–water partition coefficient (Wildman–Crippen LogP) is 3.41. The van der Waals surface area contributed by atoms with Gasteiger partial charge in [0, 0.05) is 11.1 Å². The summed E-state index contributed by atoms with van der Waals surface area (Å²) in [7, 11) is 4.13. The van der Waals surface area contributed by atoms with Gasteiger partial charge >= 0.3 is 0 Å². The van der Waals surface area contributed by atoms with Crippen molar-refractivity contribution in [1.29, 1.82) is 0 Å². The van der Waals surface area contributed by atoms with Crippen molar-refractivity contribution in [2.45, 2.75) is 31.3 Å². The number of hydrogen-bond donors (Lipinski definition) is 1. The van der Waals surface area contributed by atoms with Crippen molar-refractivity contribution in [2.75, 3.05) is 14.1 Å². The van der Waals surface area contributed by atoms with Crippen LogP contribution >= 0.6 is 11.6 Å². The lowest BCUT2D eigenvalue weighted by atomic mass is 9.79. The zero-order valence-electron chi connectivity index (χ0n) is 11.5. The highest BCUT2D eigenvalue weighted by molar-refractivity contribution is 6.30. The molecule has 2 N–H and O–H groups in total. The molecule has 2 atom stereocenters. The molecular weight excluding hydrogens is 244 g/mol.